The van der Waals surface area contributed by atoms with E-state index in [1.807, 2.05) is 0 Å². The van der Waals surface area contributed by atoms with Crippen molar-refractivity contribution in [2.45, 2.75) is 27.2 Å². The molecule has 184 valence electrons. The van der Waals surface area contributed by atoms with Gasteiger partial charge >= 0.3 is 0 Å². The molecule has 0 atom stereocenters. The Hall–Kier alpha value is -4.68. The van der Waals surface area contributed by atoms with Crippen LogP contribution in [0.15, 0.2) is 38.4 Å². The predicted octanol–water partition coefficient (Wildman–Crippen LogP) is -2.60. The van der Waals surface area contributed by atoms with E-state index in [0.29, 0.717) is 22.5 Å². The third-order valence-electron chi connectivity index (χ3n) is 5.30. The zero-order valence-electron chi connectivity index (χ0n) is 18.7. The van der Waals surface area contributed by atoms with Crippen molar-refractivity contribution >= 4 is 11.4 Å². The number of rotatable bonds is 0. The summed E-state index contributed by atoms with van der Waals surface area (Å²) in [5.74, 6) is -2.03. The molecule has 0 fully saturated rings. The highest BCUT2D eigenvalue weighted by molar-refractivity contribution is 5.74. The normalized spacial score (nSPS) is 12.1. The van der Waals surface area contributed by atoms with Gasteiger partial charge in [0.15, 0.2) is 5.75 Å². The van der Waals surface area contributed by atoms with Crippen LogP contribution in [0.5, 0.6) is 17.2 Å². The Morgan fingerprint density at radius 3 is 1.00 bits per heavy atom. The Morgan fingerprint density at radius 1 is 0.457 bits per heavy atom. The van der Waals surface area contributed by atoms with Crippen molar-refractivity contribution in [3.63, 3.8) is 0 Å². The van der Waals surface area contributed by atoms with Crippen molar-refractivity contribution < 1.29 is 15.3 Å². The minimum absolute atomic E-state index is 0.176. The maximum atomic E-state index is 10.8. The van der Waals surface area contributed by atoms with Crippen LogP contribution in [-0.2, 0) is 0 Å². The van der Waals surface area contributed by atoms with Gasteiger partial charge in [0.2, 0.25) is 27.8 Å². The zero-order valence-corrected chi connectivity index (χ0v) is 18.7. The van der Waals surface area contributed by atoms with Gasteiger partial charge in [0.05, 0.1) is 0 Å². The first-order valence-corrected chi connectivity index (χ1v) is 10.0. The van der Waals surface area contributed by atoms with E-state index in [1.165, 1.54) is 6.92 Å². The zero-order chi connectivity index (χ0) is 26.8. The molecule has 0 amide bonds. The summed E-state index contributed by atoms with van der Waals surface area (Å²) in [6.07, 6.45) is 0.938. The molecule has 13 heteroatoms. The van der Waals surface area contributed by atoms with Crippen LogP contribution in [0.2, 0.25) is 0 Å². The van der Waals surface area contributed by atoms with Crippen LogP contribution < -0.4 is 54.1 Å². The Labute approximate surface area is 193 Å². The molecule has 0 unspecified atom stereocenters. The first-order valence-electron chi connectivity index (χ1n) is 10.0. The molecule has 4 aromatic carbocycles. The highest BCUT2D eigenvalue weighted by Crippen LogP contribution is 2.16. The van der Waals surface area contributed by atoms with E-state index in [1.54, 1.807) is 13.8 Å². The summed E-state index contributed by atoms with van der Waals surface area (Å²) in [6.45, 7) is 6.28. The minimum atomic E-state index is -1.01. The molecule has 0 radical (unpaired) electrons. The molecule has 0 saturated heterocycles. The molecule has 1 heterocycles. The van der Waals surface area contributed by atoms with Gasteiger partial charge in [0.25, 0.3) is 27.1 Å². The highest BCUT2D eigenvalue weighted by atomic mass is 16.3. The molecule has 35 heavy (non-hydrogen) atoms. The molecule has 5 N–H and O–H groups in total. The molecule has 5 rings (SSSR count). The van der Waals surface area contributed by atoms with E-state index < -0.39 is 33.2 Å². The number of aromatic hydroxyl groups is 3. The highest BCUT2D eigenvalue weighted by Gasteiger charge is 2.21. The van der Waals surface area contributed by atoms with Crippen LogP contribution in [0.25, 0.3) is 0 Å². The second-order valence-electron chi connectivity index (χ2n) is 7.51. The summed E-state index contributed by atoms with van der Waals surface area (Å²) in [7, 11) is 0. The standard InChI is InChI=1S/C7H8N2O2.C6H6O2.C5H4O3.C4H2O4/c10-6-4-5(7(6)11)9-3-1-2-8-4;1-3-4(2)6(8)5(3)7;1-2-3(6)5(8)4(2)7;5-1-2(6)4(8)3(1)7/h8-9H,1-3H2;1-2H3;6H,1H3;5-6H. The molecule has 0 aromatic heterocycles. The largest absolute Gasteiger partial charge is 0.504 e. The lowest BCUT2D eigenvalue weighted by molar-refractivity contribution is 0.384. The lowest BCUT2D eigenvalue weighted by Crippen LogP contribution is -2.36. The third kappa shape index (κ3) is 4.83. The van der Waals surface area contributed by atoms with E-state index >= 15 is 0 Å². The topological polar surface area (TPSA) is 221 Å². The Balaban J connectivity index is 0.000000167. The quantitative estimate of drug-likeness (QED) is 0.160. The Kier molecular flexibility index (Phi) is 7.65. The number of fused-ring (bicyclic) bond motifs is 1. The molecule has 1 aliphatic heterocycles. The second kappa shape index (κ2) is 10.1. The second-order valence-corrected chi connectivity index (χ2v) is 7.51. The van der Waals surface area contributed by atoms with E-state index in [2.05, 4.69) is 10.6 Å². The maximum Gasteiger partial charge on any atom is 0.275 e. The summed E-state index contributed by atoms with van der Waals surface area (Å²) in [4.78, 5) is 82.6. The van der Waals surface area contributed by atoms with Gasteiger partial charge in [-0.2, -0.15) is 0 Å². The fourth-order valence-electron chi connectivity index (χ4n) is 2.72. The van der Waals surface area contributed by atoms with Crippen molar-refractivity contribution in [3.05, 3.63) is 98.5 Å². The van der Waals surface area contributed by atoms with Gasteiger partial charge in [-0.3, -0.25) is 38.4 Å². The van der Waals surface area contributed by atoms with Crippen molar-refractivity contribution in [2.75, 3.05) is 23.7 Å². The van der Waals surface area contributed by atoms with Gasteiger partial charge in [-0.1, -0.05) is 0 Å². The molecule has 1 aliphatic rings. The van der Waals surface area contributed by atoms with E-state index in [-0.39, 0.29) is 33.0 Å². The number of nitrogens with one attached hydrogen (secondary N) is 2. The molecule has 4 aromatic rings. The molecular formula is C22H20N2O11. The van der Waals surface area contributed by atoms with Crippen molar-refractivity contribution in [2.24, 2.45) is 0 Å². The number of anilines is 2. The van der Waals surface area contributed by atoms with Gasteiger partial charge in [-0.05, 0) is 27.2 Å². The third-order valence-corrected chi connectivity index (χ3v) is 5.30. The van der Waals surface area contributed by atoms with Gasteiger partial charge in [-0.25, -0.2) is 0 Å². The summed E-state index contributed by atoms with van der Waals surface area (Å²) in [5.41, 5.74) is -2.37. The van der Waals surface area contributed by atoms with Crippen LogP contribution in [0.4, 0.5) is 11.4 Å². The molecule has 0 aliphatic carbocycles. The summed E-state index contributed by atoms with van der Waals surface area (Å²) in [6, 6.07) is 0. The molecule has 0 bridgehead atoms. The van der Waals surface area contributed by atoms with Crippen LogP contribution in [0, 0.1) is 20.8 Å². The average molecular weight is 488 g/mol. The maximum absolute atomic E-state index is 10.8. The van der Waals surface area contributed by atoms with Crippen LogP contribution in [0.3, 0.4) is 0 Å². The van der Waals surface area contributed by atoms with Crippen molar-refractivity contribution in [1.29, 1.82) is 0 Å². The molecular weight excluding hydrogens is 468 g/mol. The molecule has 0 saturated carbocycles. The van der Waals surface area contributed by atoms with E-state index in [9.17, 15) is 38.4 Å². The smallest absolute Gasteiger partial charge is 0.275 e. The van der Waals surface area contributed by atoms with Gasteiger partial charge in [-0.15, -0.1) is 0 Å². The van der Waals surface area contributed by atoms with E-state index in [4.69, 9.17) is 15.3 Å². The van der Waals surface area contributed by atoms with Gasteiger partial charge < -0.3 is 26.0 Å². The van der Waals surface area contributed by atoms with Crippen LogP contribution in [-0.4, -0.2) is 28.4 Å². The number of hydrogen-bond acceptors (Lipinski definition) is 13. The fourth-order valence-corrected chi connectivity index (χ4v) is 2.72. The summed E-state index contributed by atoms with van der Waals surface area (Å²) >= 11 is 0. The van der Waals surface area contributed by atoms with Crippen molar-refractivity contribution in [3.8, 4) is 17.2 Å². The summed E-state index contributed by atoms with van der Waals surface area (Å²) in [5, 5.41) is 30.7. The van der Waals surface area contributed by atoms with Gasteiger partial charge in [0, 0.05) is 29.8 Å². The molecule has 13 nitrogen and oxygen atoms in total. The predicted molar refractivity (Wildman–Crippen MR) is 126 cm³/mol. The number of hydrogen-bond donors (Lipinski definition) is 5. The Bertz CT molecular complexity index is 1420. The van der Waals surface area contributed by atoms with Gasteiger partial charge in [0.1, 0.15) is 11.4 Å². The van der Waals surface area contributed by atoms with E-state index in [0.717, 1.165) is 19.5 Å². The molecule has 0 spiro atoms. The Morgan fingerprint density at radius 2 is 0.771 bits per heavy atom. The monoisotopic (exact) mass is 488 g/mol. The first-order chi connectivity index (χ1) is 16.2. The lowest BCUT2D eigenvalue weighted by Gasteiger charge is -2.07. The SMILES string of the molecule is Cc1c(C)c(=O)c1=O.Cc1c(O)c(=O)c1=O.O=c1c(O)c(O)c1=O.O=c1c2c(c1=O)NCCCN2. The first kappa shape index (κ1) is 26.6. The average Bonchev–Trinajstić information content (AvgIpc) is 3.13. The van der Waals surface area contributed by atoms with Crippen LogP contribution in [0.1, 0.15) is 23.1 Å². The minimum Gasteiger partial charge on any atom is -0.504 e. The van der Waals surface area contributed by atoms with Crippen molar-refractivity contribution in [1.82, 2.24) is 0 Å². The van der Waals surface area contributed by atoms with Crippen LogP contribution >= 0.6 is 0 Å². The fraction of sp³-hybridized carbons (Fsp3) is 0.273. The lowest BCUT2D eigenvalue weighted by atomic mass is 10.1. The summed E-state index contributed by atoms with van der Waals surface area (Å²) < 4.78 is 0.